The molecule has 0 heterocycles. The summed E-state index contributed by atoms with van der Waals surface area (Å²) >= 11 is 0. The fourth-order valence-corrected chi connectivity index (χ4v) is 7.03. The number of rotatable bonds is 35. The van der Waals surface area contributed by atoms with E-state index < -0.39 is 0 Å². The number of aromatic hydroxyl groups is 1. The summed E-state index contributed by atoms with van der Waals surface area (Å²) in [6.07, 6.45) is 48.4. The second kappa shape index (κ2) is 43.5. The first-order valence-electron chi connectivity index (χ1n) is 23.1. The zero-order valence-electron chi connectivity index (χ0n) is 36.2. The summed E-state index contributed by atoms with van der Waals surface area (Å²) in [6, 6.07) is 7.05. The lowest BCUT2D eigenvalue weighted by Crippen LogP contribution is -2.33. The lowest BCUT2D eigenvalue weighted by Gasteiger charge is -2.23. The molecule has 1 amide bonds. The van der Waals surface area contributed by atoms with Crippen molar-refractivity contribution in [2.45, 2.75) is 226 Å². The molecule has 3 heteroatoms. The van der Waals surface area contributed by atoms with Crippen molar-refractivity contribution in [2.24, 2.45) is 0 Å². The van der Waals surface area contributed by atoms with Gasteiger partial charge < -0.3 is 10.0 Å². The third kappa shape index (κ3) is 36.1. The molecule has 0 spiro atoms. The number of carbonyl (C=O) groups is 1. The number of amides is 1. The van der Waals surface area contributed by atoms with E-state index in [1.165, 1.54) is 193 Å². The highest BCUT2D eigenvalue weighted by atomic mass is 16.3. The molecule has 0 aliphatic rings. The van der Waals surface area contributed by atoms with Crippen molar-refractivity contribution in [3.63, 3.8) is 0 Å². The van der Waals surface area contributed by atoms with E-state index in [-0.39, 0.29) is 11.7 Å². The van der Waals surface area contributed by atoms with Crippen LogP contribution in [-0.4, -0.2) is 29.0 Å². The molecule has 55 heavy (non-hydrogen) atoms. The monoisotopic (exact) mass is 754 g/mol. The molecule has 0 fully saturated rings. The van der Waals surface area contributed by atoms with Gasteiger partial charge in [0.1, 0.15) is 5.75 Å². The van der Waals surface area contributed by atoms with E-state index >= 15 is 0 Å². The quantitative estimate of drug-likeness (QED) is 0.0554. The Bertz CT molecular complexity index is 1200. The topological polar surface area (TPSA) is 40.5 Å². The average molecular weight is 754 g/mol. The Morgan fingerprint density at radius 2 is 0.800 bits per heavy atom. The summed E-state index contributed by atoms with van der Waals surface area (Å²) in [5.41, 5.74) is 0.454. The van der Waals surface area contributed by atoms with Gasteiger partial charge >= 0.3 is 0 Å². The predicted octanol–water partition coefficient (Wildman–Crippen LogP) is 15.0. The van der Waals surface area contributed by atoms with E-state index in [0.717, 1.165) is 25.9 Å². The number of benzene rings is 1. The maximum atomic E-state index is 13.3. The Morgan fingerprint density at radius 3 is 1.13 bits per heavy atom. The number of hydrogen-bond acceptors (Lipinski definition) is 2. The summed E-state index contributed by atoms with van der Waals surface area (Å²) in [6.45, 7) is 7.91. The van der Waals surface area contributed by atoms with Gasteiger partial charge in [0.15, 0.2) is 0 Å². The van der Waals surface area contributed by atoms with E-state index in [0.29, 0.717) is 5.56 Å². The number of hydrogen-bond donors (Lipinski definition) is 1. The molecular formula is C52H83NO2. The van der Waals surface area contributed by atoms with Crippen LogP contribution in [0.2, 0.25) is 0 Å². The standard InChI is InChI=1S/C43H79NO2.C9H4/c1-3-5-7-9-11-13-15-17-19-21-23-25-27-29-31-35-39-44(43(46)41-37-33-34-38-42(41)45)40-36-32-30-28-26-24-22-20-18-16-14-12-10-8-6-4-2;1-3-5-7-9-8-6-4-2/h33-34,37-38,45H,3-32,35-36,39-40H2,1-2H3;1H,2H3. The predicted molar refractivity (Wildman–Crippen MR) is 241 cm³/mol. The molecule has 0 aromatic heterocycles. The Hall–Kier alpha value is -3.27. The lowest BCUT2D eigenvalue weighted by atomic mass is 10.0. The van der Waals surface area contributed by atoms with Crippen LogP contribution in [0.25, 0.3) is 0 Å². The molecule has 1 aromatic carbocycles. The highest BCUT2D eigenvalue weighted by Crippen LogP contribution is 2.20. The fraction of sp³-hybridized carbons (Fsp3) is 0.712. The summed E-state index contributed by atoms with van der Waals surface area (Å²) in [4.78, 5) is 15.3. The Labute approximate surface area is 342 Å². The van der Waals surface area contributed by atoms with E-state index in [1.54, 1.807) is 25.1 Å². The average Bonchev–Trinajstić information content (AvgIpc) is 3.20. The van der Waals surface area contributed by atoms with Crippen LogP contribution in [0, 0.1) is 47.9 Å². The molecule has 0 radical (unpaired) electrons. The molecule has 1 aromatic rings. The molecule has 0 aliphatic carbocycles. The zero-order chi connectivity index (χ0) is 40.1. The molecule has 308 valence electrons. The second-order valence-corrected chi connectivity index (χ2v) is 15.4. The molecule has 1 rings (SSSR count). The van der Waals surface area contributed by atoms with Gasteiger partial charge in [-0.05, 0) is 67.4 Å². The SMILES string of the molecule is C#CC#CC#CC#CC.CCCCCCCCCCCCCCCCCCN(CCCCCCCCCCCCCCCCCC)C(=O)c1ccccc1O. The van der Waals surface area contributed by atoms with Crippen molar-refractivity contribution in [2.75, 3.05) is 13.1 Å². The number of terminal acetylenes is 1. The molecule has 0 bridgehead atoms. The largest absolute Gasteiger partial charge is 0.507 e. The van der Waals surface area contributed by atoms with Crippen LogP contribution in [0.15, 0.2) is 24.3 Å². The van der Waals surface area contributed by atoms with Crippen LogP contribution in [0.1, 0.15) is 237 Å². The minimum absolute atomic E-state index is 0.0000174. The van der Waals surface area contributed by atoms with Crippen LogP contribution < -0.4 is 0 Å². The molecule has 1 N–H and O–H groups in total. The summed E-state index contributed by atoms with van der Waals surface area (Å²) in [5.74, 6) is 17.1. The van der Waals surface area contributed by atoms with Crippen LogP contribution in [0.5, 0.6) is 5.75 Å². The van der Waals surface area contributed by atoms with Crippen LogP contribution in [-0.2, 0) is 0 Å². The minimum Gasteiger partial charge on any atom is -0.507 e. The Kier molecular flexibility index (Phi) is 40.9. The number of unbranched alkanes of at least 4 members (excludes halogenated alkanes) is 30. The van der Waals surface area contributed by atoms with Gasteiger partial charge in [0, 0.05) is 13.1 Å². The van der Waals surface area contributed by atoms with Crippen molar-refractivity contribution >= 4 is 5.91 Å². The van der Waals surface area contributed by atoms with Crippen molar-refractivity contribution in [3.8, 4) is 53.6 Å². The summed E-state index contributed by atoms with van der Waals surface area (Å²) in [7, 11) is 0. The molecular weight excluding hydrogens is 671 g/mol. The zero-order valence-corrected chi connectivity index (χ0v) is 36.2. The van der Waals surface area contributed by atoms with Crippen molar-refractivity contribution in [3.05, 3.63) is 29.8 Å². The van der Waals surface area contributed by atoms with Gasteiger partial charge in [0.2, 0.25) is 0 Å². The normalized spacial score (nSPS) is 10.1. The second-order valence-electron chi connectivity index (χ2n) is 15.4. The number of phenolic OH excluding ortho intramolecular Hbond substituents is 1. The van der Waals surface area contributed by atoms with Gasteiger partial charge in [-0.15, -0.1) is 6.42 Å². The van der Waals surface area contributed by atoms with Crippen LogP contribution >= 0.6 is 0 Å². The smallest absolute Gasteiger partial charge is 0.257 e. The van der Waals surface area contributed by atoms with Gasteiger partial charge in [0.25, 0.3) is 5.91 Å². The first-order valence-corrected chi connectivity index (χ1v) is 23.1. The van der Waals surface area contributed by atoms with E-state index in [2.05, 4.69) is 55.3 Å². The third-order valence-corrected chi connectivity index (χ3v) is 10.4. The van der Waals surface area contributed by atoms with Gasteiger partial charge in [-0.3, -0.25) is 4.79 Å². The number of para-hydroxylation sites is 1. The molecule has 0 aliphatic heterocycles. The van der Waals surface area contributed by atoms with Crippen molar-refractivity contribution in [1.82, 2.24) is 4.90 Å². The Balaban J connectivity index is 0.00000285. The maximum absolute atomic E-state index is 13.3. The van der Waals surface area contributed by atoms with Crippen LogP contribution in [0.4, 0.5) is 0 Å². The van der Waals surface area contributed by atoms with Gasteiger partial charge in [-0.2, -0.15) is 0 Å². The number of nitrogens with zero attached hydrogens (tertiary/aromatic N) is 1. The third-order valence-electron chi connectivity index (χ3n) is 10.4. The minimum atomic E-state index is 0.0000174. The van der Waals surface area contributed by atoms with E-state index in [4.69, 9.17) is 6.42 Å². The first-order chi connectivity index (χ1) is 27.1. The van der Waals surface area contributed by atoms with E-state index in [1.807, 2.05) is 11.0 Å². The molecule has 0 unspecified atom stereocenters. The van der Waals surface area contributed by atoms with E-state index in [9.17, 15) is 9.90 Å². The summed E-state index contributed by atoms with van der Waals surface area (Å²) in [5, 5.41) is 10.3. The maximum Gasteiger partial charge on any atom is 0.257 e. The molecule has 0 atom stereocenters. The highest BCUT2D eigenvalue weighted by molar-refractivity contribution is 5.96. The fourth-order valence-electron chi connectivity index (χ4n) is 7.03. The summed E-state index contributed by atoms with van der Waals surface area (Å²) < 4.78 is 0. The molecule has 3 nitrogen and oxygen atoms in total. The first kappa shape index (κ1) is 51.7. The molecule has 0 saturated carbocycles. The van der Waals surface area contributed by atoms with Gasteiger partial charge in [-0.1, -0.05) is 225 Å². The van der Waals surface area contributed by atoms with Crippen molar-refractivity contribution in [1.29, 1.82) is 0 Å². The molecule has 0 saturated heterocycles. The highest BCUT2D eigenvalue weighted by Gasteiger charge is 2.18. The van der Waals surface area contributed by atoms with Crippen molar-refractivity contribution < 1.29 is 9.90 Å². The van der Waals surface area contributed by atoms with Gasteiger partial charge in [0.05, 0.1) is 5.56 Å². The number of carbonyl (C=O) groups excluding carboxylic acids is 1. The number of phenols is 1. The van der Waals surface area contributed by atoms with Gasteiger partial charge in [-0.25, -0.2) is 0 Å². The lowest BCUT2D eigenvalue weighted by molar-refractivity contribution is 0.0746. The Morgan fingerprint density at radius 1 is 0.491 bits per heavy atom. The van der Waals surface area contributed by atoms with Crippen LogP contribution in [0.3, 0.4) is 0 Å².